The van der Waals surface area contributed by atoms with Crippen LogP contribution in [0.25, 0.3) is 0 Å². The Balaban J connectivity index is 1.54. The maximum Gasteiger partial charge on any atom is 0.408 e. The van der Waals surface area contributed by atoms with E-state index in [1.807, 2.05) is 0 Å². The first-order valence-electron chi connectivity index (χ1n) is 19.7. The number of alkyl carbamates (subject to hydrolysis) is 1. The summed E-state index contributed by atoms with van der Waals surface area (Å²) in [7, 11) is 0. The van der Waals surface area contributed by atoms with Gasteiger partial charge in [-0.2, -0.15) is 0 Å². The fourth-order valence-electron chi connectivity index (χ4n) is 9.57. The lowest BCUT2D eigenvalue weighted by atomic mass is 9.44. The Bertz CT molecular complexity index is 2050. The third-order valence-corrected chi connectivity index (χ3v) is 12.5. The number of ether oxygens (including phenoxy) is 6. The van der Waals surface area contributed by atoms with Crippen LogP contribution in [0.1, 0.15) is 97.3 Å². The van der Waals surface area contributed by atoms with Gasteiger partial charge in [-0.05, 0) is 70.0 Å². The molecule has 3 fully saturated rings. The standard InChI is InChI=1S/C43H53NO16/c1-21-26(57-37(51)31(48)30(25-16-13-17-54-25)44-38(52)60-39(4,5)6)19-43(53)35(58-36(50)24-14-11-10-12-15-24)33-41(9,27(47)18-28-42(33,20-55-28)59-23(3)46)34(49)32(56-22(2)45)29(21)40(43,7)8/h10-17,26-28,30-33,35,47-48,53H,18-20H2,1-9H3,(H,44,52)/t26-,27-,28+,30-,31+,32+,33?,35?,41+,42-,43+/m0/s1. The summed E-state index contributed by atoms with van der Waals surface area (Å²) in [5.74, 6) is -6.44. The predicted octanol–water partition coefficient (Wildman–Crippen LogP) is 3.42. The second kappa shape index (κ2) is 15.7. The monoisotopic (exact) mass is 839 g/mol. The van der Waals surface area contributed by atoms with Crippen molar-refractivity contribution in [1.82, 2.24) is 5.32 Å². The van der Waals surface area contributed by atoms with Crippen LogP contribution in [-0.4, -0.2) is 111 Å². The molecule has 1 aliphatic heterocycles. The van der Waals surface area contributed by atoms with Gasteiger partial charge in [-0.1, -0.05) is 32.0 Å². The van der Waals surface area contributed by atoms with Crippen molar-refractivity contribution in [2.75, 3.05) is 6.61 Å². The lowest BCUT2D eigenvalue weighted by Gasteiger charge is -2.67. The van der Waals surface area contributed by atoms with Crippen LogP contribution in [-0.2, 0) is 47.6 Å². The molecule has 1 amide bonds. The number of hydrogen-bond donors (Lipinski definition) is 4. The van der Waals surface area contributed by atoms with Crippen LogP contribution in [0.4, 0.5) is 4.79 Å². The van der Waals surface area contributed by atoms with E-state index in [-0.39, 0.29) is 35.5 Å². The first-order valence-corrected chi connectivity index (χ1v) is 19.7. The fourth-order valence-corrected chi connectivity index (χ4v) is 9.57. The lowest BCUT2D eigenvalue weighted by molar-refractivity contribution is -0.346. The van der Waals surface area contributed by atoms with Crippen LogP contribution >= 0.6 is 0 Å². The third-order valence-electron chi connectivity index (χ3n) is 12.5. The number of ketones is 1. The summed E-state index contributed by atoms with van der Waals surface area (Å²) >= 11 is 0. The van der Waals surface area contributed by atoms with Gasteiger partial charge >= 0.3 is 30.0 Å². The Morgan fingerprint density at radius 2 is 1.62 bits per heavy atom. The molecule has 11 atom stereocenters. The Morgan fingerprint density at radius 1 is 0.950 bits per heavy atom. The molecule has 2 unspecified atom stereocenters. The van der Waals surface area contributed by atoms with Crippen molar-refractivity contribution in [3.05, 3.63) is 71.2 Å². The molecule has 2 bridgehead atoms. The van der Waals surface area contributed by atoms with E-state index in [1.54, 1.807) is 52.8 Å². The normalized spacial score (nSPS) is 32.9. The summed E-state index contributed by atoms with van der Waals surface area (Å²) in [6, 6.07) is 9.12. The summed E-state index contributed by atoms with van der Waals surface area (Å²) in [6.45, 7) is 12.7. The maximum atomic E-state index is 15.4. The number of hydrogen-bond acceptors (Lipinski definition) is 16. The Labute approximate surface area is 346 Å². The fraction of sp³-hybridized carbons (Fsp3) is 0.581. The number of benzene rings is 1. The van der Waals surface area contributed by atoms with E-state index in [0.29, 0.717) is 0 Å². The SMILES string of the molecule is CC(=O)O[C@H]1C(=O)[C@@]2(C)C(C(OC(=O)c3ccccc3)[C@]3(O)C[C@H](OC(=O)[C@H](O)[C@@H](NC(=O)OC(C)(C)C)c4ccco4)C(C)=C1C3(C)C)[C@]1(OC(C)=O)CO[C@@H]1C[C@@H]2O. The molecular formula is C43H53NO16. The zero-order chi connectivity index (χ0) is 44.3. The first kappa shape index (κ1) is 44.5. The molecule has 0 radical (unpaired) electrons. The van der Waals surface area contributed by atoms with Gasteiger partial charge in [-0.15, -0.1) is 0 Å². The van der Waals surface area contributed by atoms with Gasteiger partial charge in [0.15, 0.2) is 23.6 Å². The summed E-state index contributed by atoms with van der Waals surface area (Å²) in [4.78, 5) is 82.5. The minimum atomic E-state index is -2.41. The number of esters is 4. The smallest absolute Gasteiger partial charge is 0.408 e. The van der Waals surface area contributed by atoms with Crippen LogP contribution in [0.3, 0.4) is 0 Å². The molecule has 4 N–H and O–H groups in total. The van der Waals surface area contributed by atoms with Crippen molar-refractivity contribution in [2.24, 2.45) is 16.7 Å². The zero-order valence-electron chi connectivity index (χ0n) is 35.0. The Hall–Kier alpha value is -5.10. The van der Waals surface area contributed by atoms with Crippen LogP contribution in [0, 0.1) is 16.7 Å². The van der Waals surface area contributed by atoms with Crippen LogP contribution in [0.15, 0.2) is 64.3 Å². The molecule has 1 aromatic heterocycles. The van der Waals surface area contributed by atoms with E-state index in [4.69, 9.17) is 32.8 Å². The summed E-state index contributed by atoms with van der Waals surface area (Å²) in [5, 5.41) is 39.6. The number of amides is 1. The molecular weight excluding hydrogens is 786 g/mol. The highest BCUT2D eigenvalue weighted by atomic mass is 16.6. The largest absolute Gasteiger partial charge is 0.467 e. The predicted molar refractivity (Wildman–Crippen MR) is 205 cm³/mol. The molecule has 4 aliphatic rings. The van der Waals surface area contributed by atoms with Gasteiger partial charge < -0.3 is 53.5 Å². The second-order valence-corrected chi connectivity index (χ2v) is 17.8. The summed E-state index contributed by atoms with van der Waals surface area (Å²) in [5.41, 5.74) is -8.72. The lowest BCUT2D eigenvalue weighted by Crippen LogP contribution is -2.82. The average molecular weight is 840 g/mol. The van der Waals surface area contributed by atoms with Crippen LogP contribution < -0.4 is 5.32 Å². The average Bonchev–Trinajstić information content (AvgIpc) is 3.69. The van der Waals surface area contributed by atoms with E-state index in [0.717, 1.165) is 13.8 Å². The van der Waals surface area contributed by atoms with Crippen molar-refractivity contribution >= 4 is 35.8 Å². The van der Waals surface area contributed by atoms with E-state index >= 15 is 4.79 Å². The summed E-state index contributed by atoms with van der Waals surface area (Å²) < 4.78 is 40.8. The van der Waals surface area contributed by atoms with Gasteiger partial charge in [-0.25, -0.2) is 14.4 Å². The molecule has 0 spiro atoms. The molecule has 3 aliphatic carbocycles. The number of aliphatic hydroxyl groups is 3. The van der Waals surface area contributed by atoms with Crippen LogP contribution in [0.5, 0.6) is 0 Å². The van der Waals surface area contributed by atoms with Crippen molar-refractivity contribution in [2.45, 2.75) is 135 Å². The van der Waals surface area contributed by atoms with Gasteiger partial charge in [-0.3, -0.25) is 14.4 Å². The number of carbonyl (C=O) groups excluding carboxylic acids is 6. The van der Waals surface area contributed by atoms with Crippen molar-refractivity contribution in [3.8, 4) is 0 Å². The number of carbonyl (C=O) groups is 6. The molecule has 1 saturated heterocycles. The molecule has 17 heteroatoms. The van der Waals surface area contributed by atoms with Gasteiger partial charge in [0, 0.05) is 32.1 Å². The number of fused-ring (bicyclic) bond motifs is 5. The number of furan rings is 1. The van der Waals surface area contributed by atoms with Gasteiger partial charge in [0.05, 0.1) is 35.9 Å². The van der Waals surface area contributed by atoms with E-state index in [1.165, 1.54) is 44.4 Å². The van der Waals surface area contributed by atoms with Gasteiger partial charge in [0.1, 0.15) is 41.3 Å². The Morgan fingerprint density at radius 3 is 2.17 bits per heavy atom. The van der Waals surface area contributed by atoms with Gasteiger partial charge in [0.2, 0.25) is 0 Å². The minimum Gasteiger partial charge on any atom is -0.467 e. The van der Waals surface area contributed by atoms with Crippen molar-refractivity contribution in [3.63, 3.8) is 0 Å². The topological polar surface area (TPSA) is 244 Å². The molecule has 2 heterocycles. The third kappa shape index (κ3) is 7.49. The highest BCUT2D eigenvalue weighted by Gasteiger charge is 2.78. The maximum absolute atomic E-state index is 15.4. The number of Topliss-reactive ketones (excluding diaryl/α,β-unsaturated/α-hetero) is 1. The molecule has 17 nitrogen and oxygen atoms in total. The molecule has 60 heavy (non-hydrogen) atoms. The van der Waals surface area contributed by atoms with Gasteiger partial charge in [0.25, 0.3) is 0 Å². The first-order chi connectivity index (χ1) is 27.9. The zero-order valence-corrected chi connectivity index (χ0v) is 35.0. The molecule has 2 saturated carbocycles. The number of nitrogens with one attached hydrogen (secondary N) is 1. The number of rotatable bonds is 9. The highest BCUT2D eigenvalue weighted by molar-refractivity contribution is 5.95. The highest BCUT2D eigenvalue weighted by Crippen LogP contribution is 2.64. The Kier molecular flexibility index (Phi) is 11.7. The minimum absolute atomic E-state index is 0.0284. The molecule has 1 aromatic carbocycles. The van der Waals surface area contributed by atoms with E-state index < -0.39 is 118 Å². The summed E-state index contributed by atoms with van der Waals surface area (Å²) in [6.07, 6.45) is -10.5. The van der Waals surface area contributed by atoms with Crippen molar-refractivity contribution < 1.29 is 76.9 Å². The number of aliphatic hydroxyl groups excluding tert-OH is 2. The van der Waals surface area contributed by atoms with Crippen LogP contribution in [0.2, 0.25) is 0 Å². The van der Waals surface area contributed by atoms with E-state index in [9.17, 15) is 39.3 Å². The quantitative estimate of drug-likeness (QED) is 0.161. The molecule has 2 aromatic rings. The molecule has 326 valence electrons. The second-order valence-electron chi connectivity index (χ2n) is 17.8. The van der Waals surface area contributed by atoms with Crippen molar-refractivity contribution in [1.29, 1.82) is 0 Å². The molecule has 6 rings (SSSR count). The van der Waals surface area contributed by atoms with E-state index in [2.05, 4.69) is 5.32 Å².